The van der Waals surface area contributed by atoms with Crippen molar-refractivity contribution < 1.29 is 9.59 Å². The van der Waals surface area contributed by atoms with Gasteiger partial charge in [-0.15, -0.1) is 0 Å². The van der Waals surface area contributed by atoms with Gasteiger partial charge in [0.15, 0.2) is 0 Å². The normalized spacial score (nSPS) is 17.7. The van der Waals surface area contributed by atoms with Crippen molar-refractivity contribution in [2.45, 2.75) is 26.3 Å². The predicted molar refractivity (Wildman–Crippen MR) is 94.6 cm³/mol. The van der Waals surface area contributed by atoms with Gasteiger partial charge in [-0.2, -0.15) is 0 Å². The molecular weight excluding hydrogens is 356 g/mol. The average Bonchev–Trinajstić information content (AvgIpc) is 2.78. The Labute approximate surface area is 143 Å². The average molecular weight is 373 g/mol. The summed E-state index contributed by atoms with van der Waals surface area (Å²) in [5.74, 6) is -0.370. The fourth-order valence-corrected chi connectivity index (χ4v) is 2.97. The molecule has 1 aliphatic rings. The van der Waals surface area contributed by atoms with Crippen LogP contribution in [-0.2, 0) is 9.59 Å². The summed E-state index contributed by atoms with van der Waals surface area (Å²) in [4.78, 5) is 26.3. The third-order valence-electron chi connectivity index (χ3n) is 3.94. The Kier molecular flexibility index (Phi) is 4.22. The summed E-state index contributed by atoms with van der Waals surface area (Å²) in [6, 6.07) is 12.8. The van der Waals surface area contributed by atoms with Crippen LogP contribution in [0.1, 0.15) is 17.5 Å². The molecule has 1 saturated heterocycles. The van der Waals surface area contributed by atoms with E-state index in [4.69, 9.17) is 0 Å². The zero-order chi connectivity index (χ0) is 16.6. The quantitative estimate of drug-likeness (QED) is 0.833. The van der Waals surface area contributed by atoms with E-state index in [1.165, 1.54) is 4.90 Å². The van der Waals surface area contributed by atoms with Crippen LogP contribution in [0.2, 0.25) is 0 Å². The molecule has 118 valence electrons. The number of benzene rings is 2. The maximum Gasteiger partial charge on any atom is 0.256 e. The topological polar surface area (TPSA) is 49.4 Å². The molecule has 1 fully saturated rings. The zero-order valence-corrected chi connectivity index (χ0v) is 14.6. The molecule has 2 aromatic carbocycles. The number of imide groups is 1. The molecule has 0 bridgehead atoms. The minimum Gasteiger partial charge on any atom is -0.373 e. The number of rotatable bonds is 3. The Hall–Kier alpha value is -2.14. The number of anilines is 2. The van der Waals surface area contributed by atoms with Gasteiger partial charge < -0.3 is 5.32 Å². The van der Waals surface area contributed by atoms with Crippen molar-refractivity contribution in [3.63, 3.8) is 0 Å². The van der Waals surface area contributed by atoms with Gasteiger partial charge in [-0.1, -0.05) is 28.1 Å². The summed E-state index contributed by atoms with van der Waals surface area (Å²) < 4.78 is 0.967. The number of nitrogens with zero attached hydrogens (tertiary/aromatic N) is 1. The lowest BCUT2D eigenvalue weighted by molar-refractivity contribution is -0.121. The molecule has 3 rings (SSSR count). The minimum absolute atomic E-state index is 0.168. The van der Waals surface area contributed by atoms with E-state index in [-0.39, 0.29) is 18.2 Å². The highest BCUT2D eigenvalue weighted by atomic mass is 79.9. The smallest absolute Gasteiger partial charge is 0.256 e. The second-order valence-corrected chi connectivity index (χ2v) is 6.68. The van der Waals surface area contributed by atoms with Crippen molar-refractivity contribution in [1.82, 2.24) is 0 Å². The molecule has 5 heteroatoms. The molecule has 23 heavy (non-hydrogen) atoms. The van der Waals surface area contributed by atoms with Gasteiger partial charge in [0.25, 0.3) is 5.91 Å². The Bertz CT molecular complexity index is 771. The van der Waals surface area contributed by atoms with Crippen molar-refractivity contribution in [2.24, 2.45) is 0 Å². The number of carbonyl (C=O) groups excluding carboxylic acids is 2. The molecule has 4 nitrogen and oxygen atoms in total. The molecule has 2 amide bonds. The Balaban J connectivity index is 1.85. The molecular formula is C18H17BrN2O2. The lowest BCUT2D eigenvalue weighted by atomic mass is 10.1. The second-order valence-electron chi connectivity index (χ2n) is 5.77. The van der Waals surface area contributed by atoms with E-state index in [1.807, 2.05) is 56.3 Å². The van der Waals surface area contributed by atoms with Gasteiger partial charge in [0.2, 0.25) is 5.91 Å². The standard InChI is InChI=1S/C18H17BrN2O2/c1-11-3-4-12(2)16(9-11)21-17(22)10-15(18(21)23)20-14-7-5-13(19)6-8-14/h3-9,15,20H,10H2,1-2H3/t15-/m0/s1. The van der Waals surface area contributed by atoms with Gasteiger partial charge >= 0.3 is 0 Å². The van der Waals surface area contributed by atoms with E-state index < -0.39 is 6.04 Å². The molecule has 1 N–H and O–H groups in total. The van der Waals surface area contributed by atoms with Crippen LogP contribution in [0, 0.1) is 13.8 Å². The van der Waals surface area contributed by atoms with Crippen molar-refractivity contribution in [2.75, 3.05) is 10.2 Å². The van der Waals surface area contributed by atoms with E-state index in [0.29, 0.717) is 5.69 Å². The Morgan fingerprint density at radius 3 is 2.48 bits per heavy atom. The van der Waals surface area contributed by atoms with Gasteiger partial charge in [0.1, 0.15) is 6.04 Å². The summed E-state index contributed by atoms with van der Waals surface area (Å²) in [5, 5.41) is 3.15. The monoisotopic (exact) mass is 372 g/mol. The number of amides is 2. The van der Waals surface area contributed by atoms with E-state index in [1.54, 1.807) is 0 Å². The van der Waals surface area contributed by atoms with Crippen LogP contribution in [-0.4, -0.2) is 17.9 Å². The van der Waals surface area contributed by atoms with Crippen LogP contribution in [0.3, 0.4) is 0 Å². The third kappa shape index (κ3) is 3.15. The van der Waals surface area contributed by atoms with E-state index in [2.05, 4.69) is 21.2 Å². The van der Waals surface area contributed by atoms with Crippen LogP contribution >= 0.6 is 15.9 Å². The van der Waals surface area contributed by atoms with Crippen LogP contribution in [0.15, 0.2) is 46.9 Å². The van der Waals surface area contributed by atoms with Gasteiger partial charge in [0.05, 0.1) is 12.1 Å². The third-order valence-corrected chi connectivity index (χ3v) is 4.47. The summed E-state index contributed by atoms with van der Waals surface area (Å²) in [7, 11) is 0. The van der Waals surface area contributed by atoms with Crippen molar-refractivity contribution >= 4 is 39.1 Å². The Morgan fingerprint density at radius 1 is 1.09 bits per heavy atom. The molecule has 0 unspecified atom stereocenters. The molecule has 0 aromatic heterocycles. The molecule has 0 aliphatic carbocycles. The van der Waals surface area contributed by atoms with Crippen LogP contribution in [0.25, 0.3) is 0 Å². The number of halogens is 1. The first-order chi connectivity index (χ1) is 11.0. The highest BCUT2D eigenvalue weighted by Gasteiger charge is 2.40. The highest BCUT2D eigenvalue weighted by molar-refractivity contribution is 9.10. The van der Waals surface area contributed by atoms with E-state index in [9.17, 15) is 9.59 Å². The molecule has 0 saturated carbocycles. The summed E-state index contributed by atoms with van der Waals surface area (Å²) in [6.45, 7) is 3.86. The van der Waals surface area contributed by atoms with Crippen molar-refractivity contribution in [3.8, 4) is 0 Å². The second kappa shape index (κ2) is 6.16. The molecule has 1 aliphatic heterocycles. The van der Waals surface area contributed by atoms with E-state index >= 15 is 0 Å². The van der Waals surface area contributed by atoms with E-state index in [0.717, 1.165) is 21.3 Å². The Morgan fingerprint density at radius 2 is 1.78 bits per heavy atom. The first-order valence-electron chi connectivity index (χ1n) is 7.42. The van der Waals surface area contributed by atoms with Gasteiger partial charge in [0, 0.05) is 10.2 Å². The number of hydrogen-bond donors (Lipinski definition) is 1. The first kappa shape index (κ1) is 15.7. The predicted octanol–water partition coefficient (Wildman–Crippen LogP) is 3.81. The van der Waals surface area contributed by atoms with Crippen LogP contribution in [0.4, 0.5) is 11.4 Å². The molecule has 0 spiro atoms. The SMILES string of the molecule is Cc1ccc(C)c(N2C(=O)C[C@H](Nc3ccc(Br)cc3)C2=O)c1. The zero-order valence-electron chi connectivity index (χ0n) is 13.0. The lowest BCUT2D eigenvalue weighted by Crippen LogP contribution is -2.35. The molecule has 2 aromatic rings. The highest BCUT2D eigenvalue weighted by Crippen LogP contribution is 2.28. The van der Waals surface area contributed by atoms with Gasteiger partial charge in [-0.05, 0) is 55.3 Å². The number of nitrogens with one attached hydrogen (secondary N) is 1. The maximum atomic E-state index is 12.7. The molecule has 1 atom stereocenters. The van der Waals surface area contributed by atoms with Gasteiger partial charge in [-0.25, -0.2) is 4.90 Å². The fourth-order valence-electron chi connectivity index (χ4n) is 2.71. The summed E-state index contributed by atoms with van der Waals surface area (Å²) in [6.07, 6.45) is 0.169. The van der Waals surface area contributed by atoms with Crippen molar-refractivity contribution in [1.29, 1.82) is 0 Å². The first-order valence-corrected chi connectivity index (χ1v) is 8.21. The lowest BCUT2D eigenvalue weighted by Gasteiger charge is -2.18. The van der Waals surface area contributed by atoms with Crippen LogP contribution in [0.5, 0.6) is 0 Å². The summed E-state index contributed by atoms with van der Waals surface area (Å²) >= 11 is 3.38. The maximum absolute atomic E-state index is 12.7. The van der Waals surface area contributed by atoms with Crippen LogP contribution < -0.4 is 10.2 Å². The number of aryl methyl sites for hydroxylation is 2. The fraction of sp³-hybridized carbons (Fsp3) is 0.222. The largest absolute Gasteiger partial charge is 0.373 e. The van der Waals surface area contributed by atoms with Crippen molar-refractivity contribution in [3.05, 3.63) is 58.1 Å². The van der Waals surface area contributed by atoms with Gasteiger partial charge in [-0.3, -0.25) is 9.59 Å². The minimum atomic E-state index is -0.524. The number of hydrogen-bond acceptors (Lipinski definition) is 3. The molecule has 1 heterocycles. The summed E-state index contributed by atoms with van der Waals surface area (Å²) in [5.41, 5.74) is 3.44. The number of carbonyl (C=O) groups is 2. The molecule has 0 radical (unpaired) electrons.